The fourth-order valence-electron chi connectivity index (χ4n) is 3.06. The Morgan fingerprint density at radius 3 is 2.20 bits per heavy atom. The van der Waals surface area contributed by atoms with E-state index in [0.717, 1.165) is 28.8 Å². The number of hydrogen-bond acceptors (Lipinski definition) is 1. The zero-order chi connectivity index (χ0) is 17.2. The van der Waals surface area contributed by atoms with Gasteiger partial charge in [-0.2, -0.15) is 0 Å². The molecule has 1 heterocycles. The van der Waals surface area contributed by atoms with Gasteiger partial charge in [0.15, 0.2) is 0 Å². The second kappa shape index (κ2) is 6.91. The summed E-state index contributed by atoms with van der Waals surface area (Å²) in [7, 11) is 0. The van der Waals surface area contributed by atoms with Gasteiger partial charge >= 0.3 is 0 Å². The summed E-state index contributed by atoms with van der Waals surface area (Å²) >= 11 is 12.8. The minimum absolute atomic E-state index is 0.598. The molecule has 0 N–H and O–H groups in total. The summed E-state index contributed by atoms with van der Waals surface area (Å²) in [6.07, 6.45) is 0.761. The highest BCUT2D eigenvalue weighted by Crippen LogP contribution is 2.28. The number of halogens is 2. The molecular weight excluding hydrogens is 351 g/mol. The monoisotopic (exact) mass is 366 g/mol. The Labute approximate surface area is 156 Å². The van der Waals surface area contributed by atoms with Crippen LogP contribution in [0.2, 0.25) is 10.0 Å². The molecule has 0 atom stereocenters. The minimum Gasteiger partial charge on any atom is -0.323 e. The van der Waals surface area contributed by atoms with Crippen LogP contribution in [0.3, 0.4) is 0 Å². The van der Waals surface area contributed by atoms with Gasteiger partial charge in [0.1, 0.15) is 5.82 Å². The van der Waals surface area contributed by atoms with Crippen molar-refractivity contribution in [2.45, 2.75) is 13.0 Å². The highest BCUT2D eigenvalue weighted by atomic mass is 35.5. The molecule has 0 spiro atoms. The van der Waals surface area contributed by atoms with Crippen LogP contribution in [0.1, 0.15) is 17.0 Å². The Bertz CT molecular complexity index is 1000. The molecule has 25 heavy (non-hydrogen) atoms. The molecule has 0 bridgehead atoms. The Hall–Kier alpha value is -2.29. The molecule has 0 radical (unpaired) electrons. The topological polar surface area (TPSA) is 17.8 Å². The number of para-hydroxylation sites is 2. The number of nitrogens with zero attached hydrogens (tertiary/aromatic N) is 2. The fourth-order valence-corrected chi connectivity index (χ4v) is 3.57. The lowest BCUT2D eigenvalue weighted by Crippen LogP contribution is -2.07. The first kappa shape index (κ1) is 16.2. The number of aromatic nitrogens is 2. The van der Waals surface area contributed by atoms with Crippen molar-refractivity contribution in [3.63, 3.8) is 0 Å². The van der Waals surface area contributed by atoms with Crippen LogP contribution >= 0.6 is 23.2 Å². The maximum absolute atomic E-state index is 6.39. The fraction of sp³-hybridized carbons (Fsp3) is 0.0952. The van der Waals surface area contributed by atoms with Crippen molar-refractivity contribution < 1.29 is 0 Å². The van der Waals surface area contributed by atoms with E-state index in [2.05, 4.69) is 22.8 Å². The van der Waals surface area contributed by atoms with Crippen molar-refractivity contribution in [3.05, 3.63) is 99.8 Å². The van der Waals surface area contributed by atoms with Crippen molar-refractivity contribution in [3.8, 4) is 0 Å². The summed E-state index contributed by atoms with van der Waals surface area (Å²) in [5.41, 5.74) is 4.22. The number of benzene rings is 3. The smallest absolute Gasteiger partial charge is 0.114 e. The van der Waals surface area contributed by atoms with E-state index in [9.17, 15) is 0 Å². The maximum atomic E-state index is 6.39. The Balaban J connectivity index is 1.82. The molecule has 4 aromatic rings. The molecule has 0 aliphatic carbocycles. The van der Waals surface area contributed by atoms with Gasteiger partial charge in [0.25, 0.3) is 0 Å². The van der Waals surface area contributed by atoms with Gasteiger partial charge in [-0.15, -0.1) is 0 Å². The molecular formula is C21H16Cl2N2. The third-order valence-electron chi connectivity index (χ3n) is 4.32. The predicted molar refractivity (Wildman–Crippen MR) is 105 cm³/mol. The maximum Gasteiger partial charge on any atom is 0.114 e. The molecule has 1 aromatic heterocycles. The molecule has 0 aliphatic heterocycles. The van der Waals surface area contributed by atoms with E-state index in [1.54, 1.807) is 0 Å². The third-order valence-corrected chi connectivity index (χ3v) is 5.02. The van der Waals surface area contributed by atoms with Gasteiger partial charge in [-0.1, -0.05) is 71.7 Å². The highest BCUT2D eigenvalue weighted by molar-refractivity contribution is 6.36. The van der Waals surface area contributed by atoms with E-state index in [1.807, 2.05) is 54.6 Å². The average molecular weight is 367 g/mol. The lowest BCUT2D eigenvalue weighted by atomic mass is 10.1. The SMILES string of the molecule is Clc1cccc(Cl)c1Cn1c(Cc2ccccc2)nc2ccccc21. The van der Waals surface area contributed by atoms with Crippen LogP contribution in [0.5, 0.6) is 0 Å². The number of rotatable bonds is 4. The van der Waals surface area contributed by atoms with Gasteiger partial charge in [-0.3, -0.25) is 0 Å². The van der Waals surface area contributed by atoms with E-state index in [0.29, 0.717) is 16.6 Å². The van der Waals surface area contributed by atoms with Crippen LogP contribution in [0.15, 0.2) is 72.8 Å². The molecule has 4 rings (SSSR count). The van der Waals surface area contributed by atoms with Crippen molar-refractivity contribution >= 4 is 34.2 Å². The third kappa shape index (κ3) is 3.28. The van der Waals surface area contributed by atoms with Gasteiger partial charge in [-0.25, -0.2) is 4.98 Å². The number of hydrogen-bond donors (Lipinski definition) is 0. The van der Waals surface area contributed by atoms with Crippen molar-refractivity contribution in [1.82, 2.24) is 9.55 Å². The highest BCUT2D eigenvalue weighted by Gasteiger charge is 2.14. The molecule has 3 aromatic carbocycles. The van der Waals surface area contributed by atoms with Crippen molar-refractivity contribution in [2.24, 2.45) is 0 Å². The lowest BCUT2D eigenvalue weighted by Gasteiger charge is -2.12. The quantitative estimate of drug-likeness (QED) is 0.434. The average Bonchev–Trinajstić information content (AvgIpc) is 2.96. The van der Waals surface area contributed by atoms with Crippen LogP contribution in [0, 0.1) is 0 Å². The normalized spacial score (nSPS) is 11.1. The van der Waals surface area contributed by atoms with Gasteiger partial charge in [0.05, 0.1) is 17.6 Å². The Morgan fingerprint density at radius 2 is 1.44 bits per heavy atom. The van der Waals surface area contributed by atoms with Gasteiger partial charge in [0, 0.05) is 22.0 Å². The predicted octanol–water partition coefficient (Wildman–Crippen LogP) is 5.98. The summed E-state index contributed by atoms with van der Waals surface area (Å²) in [4.78, 5) is 4.84. The van der Waals surface area contributed by atoms with Crippen LogP contribution in [0.25, 0.3) is 11.0 Å². The summed E-state index contributed by atoms with van der Waals surface area (Å²) in [6.45, 7) is 0.598. The Morgan fingerprint density at radius 1 is 0.760 bits per heavy atom. The molecule has 4 heteroatoms. The first-order valence-electron chi connectivity index (χ1n) is 8.13. The summed E-state index contributed by atoms with van der Waals surface area (Å²) < 4.78 is 2.20. The molecule has 0 aliphatic rings. The number of imidazole rings is 1. The molecule has 0 amide bonds. The second-order valence-electron chi connectivity index (χ2n) is 5.97. The largest absolute Gasteiger partial charge is 0.323 e. The van der Waals surface area contributed by atoms with E-state index in [-0.39, 0.29) is 0 Å². The standard InChI is InChI=1S/C21H16Cl2N2/c22-17-9-6-10-18(23)16(17)14-25-20-12-5-4-11-19(20)24-21(25)13-15-7-2-1-3-8-15/h1-12H,13-14H2. The van der Waals surface area contributed by atoms with Crippen molar-refractivity contribution in [1.29, 1.82) is 0 Å². The second-order valence-corrected chi connectivity index (χ2v) is 6.78. The molecule has 0 fully saturated rings. The molecule has 2 nitrogen and oxygen atoms in total. The lowest BCUT2D eigenvalue weighted by molar-refractivity contribution is 0.763. The Kier molecular flexibility index (Phi) is 4.48. The zero-order valence-corrected chi connectivity index (χ0v) is 15.0. The molecule has 0 unspecified atom stereocenters. The van der Waals surface area contributed by atoms with Gasteiger partial charge in [-0.05, 0) is 29.8 Å². The summed E-state index contributed by atoms with van der Waals surface area (Å²) in [5, 5.41) is 1.35. The van der Waals surface area contributed by atoms with E-state index in [4.69, 9.17) is 28.2 Å². The van der Waals surface area contributed by atoms with Crippen LogP contribution in [0.4, 0.5) is 0 Å². The van der Waals surface area contributed by atoms with Crippen LogP contribution in [-0.2, 0) is 13.0 Å². The van der Waals surface area contributed by atoms with E-state index >= 15 is 0 Å². The van der Waals surface area contributed by atoms with E-state index in [1.165, 1.54) is 5.56 Å². The molecule has 124 valence electrons. The van der Waals surface area contributed by atoms with Crippen molar-refractivity contribution in [2.75, 3.05) is 0 Å². The zero-order valence-electron chi connectivity index (χ0n) is 13.5. The van der Waals surface area contributed by atoms with E-state index < -0.39 is 0 Å². The molecule has 0 saturated heterocycles. The summed E-state index contributed by atoms with van der Waals surface area (Å²) in [5.74, 6) is 1.00. The minimum atomic E-state index is 0.598. The van der Waals surface area contributed by atoms with Gasteiger partial charge in [0.2, 0.25) is 0 Å². The first-order valence-corrected chi connectivity index (χ1v) is 8.89. The number of fused-ring (bicyclic) bond motifs is 1. The van der Waals surface area contributed by atoms with Crippen LogP contribution in [-0.4, -0.2) is 9.55 Å². The first-order chi connectivity index (χ1) is 12.2. The van der Waals surface area contributed by atoms with Gasteiger partial charge < -0.3 is 4.57 Å². The summed E-state index contributed by atoms with van der Waals surface area (Å²) in [6, 6.07) is 24.1. The molecule has 0 saturated carbocycles. The van der Waals surface area contributed by atoms with Crippen LogP contribution < -0.4 is 0 Å².